The highest BCUT2D eigenvalue weighted by Crippen LogP contribution is 2.12. The van der Waals surface area contributed by atoms with E-state index in [4.69, 9.17) is 5.73 Å². The molecule has 3 atom stereocenters. The quantitative estimate of drug-likeness (QED) is 0.559. The molecule has 15 heavy (non-hydrogen) atoms. The number of β-amino-alcohol motifs (C(OH)–C–C–N with tert-alkyl or cyclic N) is 2. The molecule has 1 aliphatic heterocycles. The minimum Gasteiger partial charge on any atom is -0.388 e. The van der Waals surface area contributed by atoms with Gasteiger partial charge in [0.15, 0.2) is 0 Å². The number of nitrogens with zero attached hydrogens (tertiary/aromatic N) is 1. The van der Waals surface area contributed by atoms with Crippen molar-refractivity contribution in [3.05, 3.63) is 0 Å². The molecule has 0 aromatic rings. The first-order valence-electron chi connectivity index (χ1n) is 4.95. The number of thioether (sulfide) groups is 1. The molecular formula is C9H18N2O3S. The lowest BCUT2D eigenvalue weighted by atomic mass is 10.2. The molecule has 88 valence electrons. The molecule has 0 spiro atoms. The fourth-order valence-electron chi connectivity index (χ4n) is 1.55. The van der Waals surface area contributed by atoms with E-state index < -0.39 is 18.2 Å². The predicted octanol–water partition coefficient (Wildman–Crippen LogP) is -1.37. The number of aliphatic hydroxyl groups excluding tert-OH is 2. The monoisotopic (exact) mass is 234 g/mol. The van der Waals surface area contributed by atoms with Crippen LogP contribution in [0.5, 0.6) is 0 Å². The topological polar surface area (TPSA) is 86.8 Å². The Morgan fingerprint density at radius 3 is 2.53 bits per heavy atom. The van der Waals surface area contributed by atoms with Crippen molar-refractivity contribution in [1.82, 2.24) is 4.90 Å². The van der Waals surface area contributed by atoms with Crippen LogP contribution in [0.25, 0.3) is 0 Å². The number of carbonyl (C=O) groups is 1. The second kappa shape index (κ2) is 5.69. The van der Waals surface area contributed by atoms with Crippen LogP contribution < -0.4 is 5.73 Å². The van der Waals surface area contributed by atoms with E-state index in [1.165, 1.54) is 4.90 Å². The van der Waals surface area contributed by atoms with Gasteiger partial charge < -0.3 is 20.8 Å². The molecule has 1 fully saturated rings. The Morgan fingerprint density at radius 1 is 1.53 bits per heavy atom. The average molecular weight is 234 g/mol. The molecule has 0 aromatic heterocycles. The summed E-state index contributed by atoms with van der Waals surface area (Å²) in [6.07, 6.45) is 0.923. The van der Waals surface area contributed by atoms with E-state index in [1.54, 1.807) is 11.8 Å². The summed E-state index contributed by atoms with van der Waals surface area (Å²) in [7, 11) is 0. The zero-order valence-corrected chi connectivity index (χ0v) is 9.61. The van der Waals surface area contributed by atoms with E-state index in [0.717, 1.165) is 5.75 Å². The van der Waals surface area contributed by atoms with Gasteiger partial charge in [-0.3, -0.25) is 4.79 Å². The molecule has 1 heterocycles. The molecule has 0 unspecified atom stereocenters. The first-order chi connectivity index (χ1) is 7.06. The van der Waals surface area contributed by atoms with Crippen LogP contribution in [0.15, 0.2) is 0 Å². The maximum atomic E-state index is 11.7. The summed E-state index contributed by atoms with van der Waals surface area (Å²) < 4.78 is 0. The highest BCUT2D eigenvalue weighted by Gasteiger charge is 2.34. The number of rotatable bonds is 4. The van der Waals surface area contributed by atoms with Crippen molar-refractivity contribution in [2.75, 3.05) is 25.1 Å². The van der Waals surface area contributed by atoms with Crippen LogP contribution in [0.4, 0.5) is 0 Å². The van der Waals surface area contributed by atoms with Crippen LogP contribution in [-0.4, -0.2) is 64.4 Å². The summed E-state index contributed by atoms with van der Waals surface area (Å²) in [6.45, 7) is 0.375. The molecule has 1 saturated heterocycles. The Morgan fingerprint density at radius 2 is 2.07 bits per heavy atom. The highest BCUT2D eigenvalue weighted by atomic mass is 32.2. The molecule has 6 heteroatoms. The highest BCUT2D eigenvalue weighted by molar-refractivity contribution is 7.98. The minimum absolute atomic E-state index is 0.181. The van der Waals surface area contributed by atoms with Crippen molar-refractivity contribution in [1.29, 1.82) is 0 Å². The van der Waals surface area contributed by atoms with Crippen LogP contribution >= 0.6 is 11.8 Å². The molecule has 0 aromatic carbocycles. The lowest BCUT2D eigenvalue weighted by Crippen LogP contribution is -2.43. The fourth-order valence-corrected chi connectivity index (χ4v) is 2.04. The van der Waals surface area contributed by atoms with Gasteiger partial charge >= 0.3 is 0 Å². The lowest BCUT2D eigenvalue weighted by Gasteiger charge is -2.19. The van der Waals surface area contributed by atoms with Gasteiger partial charge in [-0.15, -0.1) is 0 Å². The largest absolute Gasteiger partial charge is 0.388 e. The van der Waals surface area contributed by atoms with Crippen molar-refractivity contribution < 1.29 is 15.0 Å². The molecule has 1 rings (SSSR count). The molecule has 0 saturated carbocycles. The van der Waals surface area contributed by atoms with Crippen LogP contribution in [-0.2, 0) is 4.79 Å². The van der Waals surface area contributed by atoms with Gasteiger partial charge in [0.05, 0.1) is 18.2 Å². The summed E-state index contributed by atoms with van der Waals surface area (Å²) in [5, 5.41) is 18.6. The summed E-state index contributed by atoms with van der Waals surface area (Å²) in [5.74, 6) is 0.658. The maximum absolute atomic E-state index is 11.7. The number of hydrogen-bond acceptors (Lipinski definition) is 5. The molecule has 1 aliphatic rings. The van der Waals surface area contributed by atoms with Crippen molar-refractivity contribution in [3.8, 4) is 0 Å². The van der Waals surface area contributed by atoms with E-state index in [1.807, 2.05) is 6.26 Å². The molecule has 5 nitrogen and oxygen atoms in total. The molecule has 0 radical (unpaired) electrons. The van der Waals surface area contributed by atoms with Crippen molar-refractivity contribution in [2.24, 2.45) is 5.73 Å². The summed E-state index contributed by atoms with van der Waals surface area (Å²) in [5.41, 5.74) is 5.71. The van der Waals surface area contributed by atoms with Gasteiger partial charge in [-0.2, -0.15) is 11.8 Å². The molecule has 4 N–H and O–H groups in total. The molecule has 1 amide bonds. The maximum Gasteiger partial charge on any atom is 0.239 e. The standard InChI is InChI=1S/C9H18N2O3S/c1-15-3-2-6(10)9(14)11-4-7(12)8(13)5-11/h6-8,12-13H,2-5,10H2,1H3/t6-,7-,8+/m1/s1. The van der Waals surface area contributed by atoms with Gasteiger partial charge in [0.25, 0.3) is 0 Å². The minimum atomic E-state index is -0.832. The van der Waals surface area contributed by atoms with Gasteiger partial charge in [-0.05, 0) is 18.4 Å². The molecule has 0 bridgehead atoms. The summed E-state index contributed by atoms with van der Waals surface area (Å²) in [6, 6.07) is -0.519. The van der Waals surface area contributed by atoms with Crippen LogP contribution in [0.1, 0.15) is 6.42 Å². The van der Waals surface area contributed by atoms with E-state index in [-0.39, 0.29) is 19.0 Å². The zero-order valence-electron chi connectivity index (χ0n) is 8.80. The Bertz CT molecular complexity index is 217. The summed E-state index contributed by atoms with van der Waals surface area (Å²) >= 11 is 1.64. The third kappa shape index (κ3) is 3.34. The number of carbonyl (C=O) groups excluding carboxylic acids is 1. The van der Waals surface area contributed by atoms with E-state index >= 15 is 0 Å². The van der Waals surface area contributed by atoms with Crippen LogP contribution in [0, 0.1) is 0 Å². The summed E-state index contributed by atoms with van der Waals surface area (Å²) in [4.78, 5) is 13.1. The first-order valence-corrected chi connectivity index (χ1v) is 6.35. The number of likely N-dealkylation sites (tertiary alicyclic amines) is 1. The van der Waals surface area contributed by atoms with Gasteiger partial charge in [0.1, 0.15) is 0 Å². The van der Waals surface area contributed by atoms with Gasteiger partial charge in [0, 0.05) is 13.1 Å². The first kappa shape index (κ1) is 12.8. The van der Waals surface area contributed by atoms with Crippen LogP contribution in [0.3, 0.4) is 0 Å². The van der Waals surface area contributed by atoms with Crippen molar-refractivity contribution in [3.63, 3.8) is 0 Å². The number of nitrogens with two attached hydrogens (primary N) is 1. The smallest absolute Gasteiger partial charge is 0.239 e. The van der Waals surface area contributed by atoms with Crippen molar-refractivity contribution >= 4 is 17.7 Å². The van der Waals surface area contributed by atoms with E-state index in [9.17, 15) is 15.0 Å². The van der Waals surface area contributed by atoms with Crippen molar-refractivity contribution in [2.45, 2.75) is 24.7 Å². The predicted molar refractivity (Wildman–Crippen MR) is 59.6 cm³/mol. The number of aliphatic hydroxyl groups is 2. The third-order valence-electron chi connectivity index (χ3n) is 2.52. The average Bonchev–Trinajstić information content (AvgIpc) is 2.54. The SMILES string of the molecule is CSCC[C@@H](N)C(=O)N1C[C@@H](O)[C@@H](O)C1. The molecular weight excluding hydrogens is 216 g/mol. The fraction of sp³-hybridized carbons (Fsp3) is 0.889. The van der Waals surface area contributed by atoms with Gasteiger partial charge in [-0.25, -0.2) is 0 Å². The second-order valence-corrected chi connectivity index (χ2v) is 4.75. The molecule has 0 aliphatic carbocycles. The Labute approximate surface area is 93.6 Å². The lowest BCUT2D eigenvalue weighted by molar-refractivity contribution is -0.132. The Hall–Kier alpha value is -0.300. The van der Waals surface area contributed by atoms with E-state index in [0.29, 0.717) is 6.42 Å². The number of hydrogen-bond donors (Lipinski definition) is 3. The Balaban J connectivity index is 2.40. The van der Waals surface area contributed by atoms with Gasteiger partial charge in [-0.1, -0.05) is 0 Å². The van der Waals surface area contributed by atoms with Crippen LogP contribution in [0.2, 0.25) is 0 Å². The normalized spacial score (nSPS) is 28.1. The van der Waals surface area contributed by atoms with E-state index in [2.05, 4.69) is 0 Å². The third-order valence-corrected chi connectivity index (χ3v) is 3.16. The second-order valence-electron chi connectivity index (χ2n) is 3.77. The van der Waals surface area contributed by atoms with Gasteiger partial charge in [0.2, 0.25) is 5.91 Å². The Kier molecular flexibility index (Phi) is 4.85. The zero-order chi connectivity index (χ0) is 11.4. The number of amides is 1.